The zero-order chi connectivity index (χ0) is 15.1. The standard InChI is InChI=1S/C18H28N2O.ClH/c1-3-18(2,16-7-5-4-6-8-16)20-17(21)10-9-15-11-13-19-14-12-15;/h4-8,15,19H,3,9-14H2,1-2H3,(H,20,21);1H. The van der Waals surface area contributed by atoms with E-state index in [0.717, 1.165) is 25.9 Å². The molecule has 1 aromatic rings. The maximum Gasteiger partial charge on any atom is 0.220 e. The van der Waals surface area contributed by atoms with Gasteiger partial charge in [0, 0.05) is 6.42 Å². The molecule has 124 valence electrons. The van der Waals surface area contributed by atoms with Crippen LogP contribution < -0.4 is 10.6 Å². The number of carbonyl (C=O) groups excluding carboxylic acids is 1. The maximum atomic E-state index is 12.3. The molecular formula is C18H29ClN2O. The van der Waals surface area contributed by atoms with E-state index in [-0.39, 0.29) is 23.9 Å². The van der Waals surface area contributed by atoms with Gasteiger partial charge in [0.2, 0.25) is 5.91 Å². The smallest absolute Gasteiger partial charge is 0.220 e. The Morgan fingerprint density at radius 2 is 1.91 bits per heavy atom. The minimum atomic E-state index is -0.257. The van der Waals surface area contributed by atoms with Crippen molar-refractivity contribution in [3.8, 4) is 0 Å². The van der Waals surface area contributed by atoms with Crippen molar-refractivity contribution in [1.82, 2.24) is 10.6 Å². The van der Waals surface area contributed by atoms with Crippen LogP contribution in [0.1, 0.15) is 51.5 Å². The Kier molecular flexibility index (Phi) is 7.91. The van der Waals surface area contributed by atoms with Crippen LogP contribution in [0.25, 0.3) is 0 Å². The lowest BCUT2D eigenvalue weighted by molar-refractivity contribution is -0.123. The molecule has 2 N–H and O–H groups in total. The molecule has 0 bridgehead atoms. The van der Waals surface area contributed by atoms with Crippen LogP contribution in [0.2, 0.25) is 0 Å². The maximum absolute atomic E-state index is 12.3. The van der Waals surface area contributed by atoms with Crippen molar-refractivity contribution < 1.29 is 4.79 Å². The van der Waals surface area contributed by atoms with Crippen molar-refractivity contribution >= 4 is 18.3 Å². The average molecular weight is 325 g/mol. The van der Waals surface area contributed by atoms with Crippen molar-refractivity contribution in [2.24, 2.45) is 5.92 Å². The van der Waals surface area contributed by atoms with E-state index in [0.29, 0.717) is 12.3 Å². The highest BCUT2D eigenvalue weighted by atomic mass is 35.5. The number of rotatable bonds is 6. The fourth-order valence-corrected chi connectivity index (χ4v) is 3.05. The first kappa shape index (κ1) is 19.0. The van der Waals surface area contributed by atoms with Crippen molar-refractivity contribution in [1.29, 1.82) is 0 Å². The van der Waals surface area contributed by atoms with Gasteiger partial charge < -0.3 is 10.6 Å². The third-order valence-electron chi connectivity index (χ3n) is 4.77. The predicted octanol–water partition coefficient (Wildman–Crippen LogP) is 3.63. The topological polar surface area (TPSA) is 41.1 Å². The molecule has 2 rings (SSSR count). The molecule has 1 saturated heterocycles. The summed E-state index contributed by atoms with van der Waals surface area (Å²) >= 11 is 0. The monoisotopic (exact) mass is 324 g/mol. The van der Waals surface area contributed by atoms with Gasteiger partial charge in [-0.3, -0.25) is 4.79 Å². The first-order chi connectivity index (χ1) is 10.1. The summed E-state index contributed by atoms with van der Waals surface area (Å²) < 4.78 is 0. The molecule has 3 nitrogen and oxygen atoms in total. The van der Waals surface area contributed by atoms with E-state index < -0.39 is 0 Å². The Hall–Kier alpha value is -1.06. The van der Waals surface area contributed by atoms with Gasteiger partial charge >= 0.3 is 0 Å². The van der Waals surface area contributed by atoms with Crippen molar-refractivity contribution in [3.05, 3.63) is 35.9 Å². The molecule has 0 spiro atoms. The molecule has 22 heavy (non-hydrogen) atoms. The number of hydrogen-bond donors (Lipinski definition) is 2. The van der Waals surface area contributed by atoms with Crippen LogP contribution in [-0.4, -0.2) is 19.0 Å². The number of hydrogen-bond acceptors (Lipinski definition) is 2. The zero-order valence-corrected chi connectivity index (χ0v) is 14.5. The van der Waals surface area contributed by atoms with E-state index in [9.17, 15) is 4.79 Å². The van der Waals surface area contributed by atoms with E-state index in [1.54, 1.807) is 0 Å². The number of carbonyl (C=O) groups is 1. The summed E-state index contributed by atoms with van der Waals surface area (Å²) in [6.07, 6.45) is 4.97. The predicted molar refractivity (Wildman–Crippen MR) is 94.3 cm³/mol. The lowest BCUT2D eigenvalue weighted by atomic mass is 9.88. The average Bonchev–Trinajstić information content (AvgIpc) is 2.54. The molecule has 4 heteroatoms. The highest BCUT2D eigenvalue weighted by Gasteiger charge is 2.26. The third kappa shape index (κ3) is 5.29. The number of amides is 1. The first-order valence-electron chi connectivity index (χ1n) is 8.21. The van der Waals surface area contributed by atoms with Crippen LogP contribution in [0.15, 0.2) is 30.3 Å². The minimum Gasteiger partial charge on any atom is -0.347 e. The van der Waals surface area contributed by atoms with E-state index in [1.165, 1.54) is 18.4 Å². The molecule has 1 aromatic carbocycles. The molecule has 1 aliphatic heterocycles. The summed E-state index contributed by atoms with van der Waals surface area (Å²) in [5, 5.41) is 6.62. The van der Waals surface area contributed by atoms with Crippen LogP contribution >= 0.6 is 12.4 Å². The molecule has 1 fully saturated rings. The van der Waals surface area contributed by atoms with E-state index >= 15 is 0 Å². The Labute approximate surface area is 140 Å². The minimum absolute atomic E-state index is 0. The largest absolute Gasteiger partial charge is 0.347 e. The van der Waals surface area contributed by atoms with Gasteiger partial charge in [-0.1, -0.05) is 37.3 Å². The summed E-state index contributed by atoms with van der Waals surface area (Å²) in [5.41, 5.74) is 0.926. The zero-order valence-electron chi connectivity index (χ0n) is 13.7. The van der Waals surface area contributed by atoms with Crippen molar-refractivity contribution in [2.75, 3.05) is 13.1 Å². The second-order valence-electron chi connectivity index (χ2n) is 6.33. The normalized spacial score (nSPS) is 18.1. The van der Waals surface area contributed by atoms with Gasteiger partial charge in [-0.25, -0.2) is 0 Å². The van der Waals surface area contributed by atoms with E-state index in [2.05, 4.69) is 36.6 Å². The van der Waals surface area contributed by atoms with Crippen molar-refractivity contribution in [3.63, 3.8) is 0 Å². The summed E-state index contributed by atoms with van der Waals surface area (Å²) in [5.74, 6) is 0.892. The third-order valence-corrected chi connectivity index (χ3v) is 4.77. The molecular weight excluding hydrogens is 296 g/mol. The van der Waals surface area contributed by atoms with Crippen LogP contribution in [0.4, 0.5) is 0 Å². The van der Waals surface area contributed by atoms with Crippen molar-refractivity contribution in [2.45, 2.75) is 51.5 Å². The summed E-state index contributed by atoms with van der Waals surface area (Å²) in [7, 11) is 0. The first-order valence-corrected chi connectivity index (χ1v) is 8.21. The summed E-state index contributed by atoms with van der Waals surface area (Å²) in [4.78, 5) is 12.3. The molecule has 0 saturated carbocycles. The molecule has 0 aromatic heterocycles. The van der Waals surface area contributed by atoms with Crippen LogP contribution in [-0.2, 0) is 10.3 Å². The highest BCUT2D eigenvalue weighted by Crippen LogP contribution is 2.25. The lowest BCUT2D eigenvalue weighted by Crippen LogP contribution is -2.43. The second kappa shape index (κ2) is 9.16. The second-order valence-corrected chi connectivity index (χ2v) is 6.33. The number of halogens is 1. The highest BCUT2D eigenvalue weighted by molar-refractivity contribution is 5.85. The molecule has 1 atom stereocenters. The van der Waals surface area contributed by atoms with Crippen LogP contribution in [0, 0.1) is 5.92 Å². The fourth-order valence-electron chi connectivity index (χ4n) is 3.05. The van der Waals surface area contributed by atoms with Gasteiger partial charge in [-0.15, -0.1) is 12.4 Å². The number of piperidine rings is 1. The summed E-state index contributed by atoms with van der Waals surface area (Å²) in [6, 6.07) is 10.3. The molecule has 1 aliphatic rings. The van der Waals surface area contributed by atoms with Gasteiger partial charge in [-0.2, -0.15) is 0 Å². The van der Waals surface area contributed by atoms with Crippen LogP contribution in [0.3, 0.4) is 0 Å². The van der Waals surface area contributed by atoms with Gasteiger partial charge in [-0.05, 0) is 57.2 Å². The molecule has 1 amide bonds. The van der Waals surface area contributed by atoms with Crippen LogP contribution in [0.5, 0.6) is 0 Å². The van der Waals surface area contributed by atoms with E-state index in [4.69, 9.17) is 0 Å². The molecule has 1 heterocycles. The van der Waals surface area contributed by atoms with Gasteiger partial charge in [0.1, 0.15) is 0 Å². The Morgan fingerprint density at radius 1 is 1.27 bits per heavy atom. The van der Waals surface area contributed by atoms with Gasteiger partial charge in [0.05, 0.1) is 5.54 Å². The Morgan fingerprint density at radius 3 is 2.50 bits per heavy atom. The van der Waals surface area contributed by atoms with E-state index in [1.807, 2.05) is 18.2 Å². The summed E-state index contributed by atoms with van der Waals surface area (Å²) in [6.45, 7) is 6.44. The number of nitrogens with one attached hydrogen (secondary N) is 2. The Bertz CT molecular complexity index is 446. The lowest BCUT2D eigenvalue weighted by Gasteiger charge is -2.31. The fraction of sp³-hybridized carbons (Fsp3) is 0.611. The quantitative estimate of drug-likeness (QED) is 0.839. The molecule has 0 aliphatic carbocycles. The SMILES string of the molecule is CCC(C)(NC(=O)CCC1CCNCC1)c1ccccc1.Cl. The number of benzene rings is 1. The van der Waals surface area contributed by atoms with Gasteiger partial charge in [0.15, 0.2) is 0 Å². The molecule has 0 radical (unpaired) electrons. The molecule has 1 unspecified atom stereocenters. The van der Waals surface area contributed by atoms with Gasteiger partial charge in [0.25, 0.3) is 0 Å². The Balaban J connectivity index is 0.00000242.